The SMILES string of the molecule is c1ccc(-c2ccc(N(c3ccc(-c4cccc5ccccc45)cc3)c3ccc4c(c3)c3cc(-c5ccc(C6(c7ccccc7)c7ccccc7-c7ccccc76)cc5)ccc3n4-c3ccccc3)cc2)cc1. The van der Waals surface area contributed by atoms with Gasteiger partial charge in [-0.3, -0.25) is 0 Å². The Morgan fingerprint density at radius 1 is 0.274 bits per heavy atom. The summed E-state index contributed by atoms with van der Waals surface area (Å²) in [6.07, 6.45) is 0. The molecule has 13 aromatic rings. The molecule has 0 spiro atoms. The number of hydrogen-bond donors (Lipinski definition) is 0. The van der Waals surface area contributed by atoms with E-state index in [2.05, 4.69) is 301 Å². The number of aromatic nitrogens is 1. The van der Waals surface area contributed by atoms with Crippen LogP contribution in [0.2, 0.25) is 0 Å². The van der Waals surface area contributed by atoms with E-state index in [1.807, 2.05) is 0 Å². The van der Waals surface area contributed by atoms with Crippen molar-refractivity contribution in [3.63, 3.8) is 0 Å². The molecule has 73 heavy (non-hydrogen) atoms. The Kier molecular flexibility index (Phi) is 10.1. The first-order chi connectivity index (χ1) is 36.2. The van der Waals surface area contributed by atoms with E-state index < -0.39 is 5.41 Å². The quantitative estimate of drug-likeness (QED) is 0.140. The second kappa shape index (κ2) is 17.4. The third-order valence-corrected chi connectivity index (χ3v) is 15.3. The van der Waals surface area contributed by atoms with Gasteiger partial charge in [0.25, 0.3) is 0 Å². The maximum atomic E-state index is 2.41. The standard InChI is InChI=1S/C71H48N2/c1-4-17-49(18-5-1)50-33-40-58(41-34-50)72(59-42-35-53(36-43-59)62-28-16-20-52-19-10-11-25-61(52)62)60-44-46-70-66(48-60)65-47-54(37-45-69(65)73(70)57-23-8-3-9-24-57)51-31-38-56(39-32-51)71(55-21-6-2-7-22-55)67-29-14-12-26-63(67)64-27-13-15-30-68(64)71/h1-48H. The maximum absolute atomic E-state index is 2.41. The third-order valence-electron chi connectivity index (χ3n) is 15.3. The predicted octanol–water partition coefficient (Wildman–Crippen LogP) is 18.8. The van der Waals surface area contributed by atoms with Crippen molar-refractivity contribution in [2.45, 2.75) is 5.41 Å². The fourth-order valence-electron chi connectivity index (χ4n) is 12.0. The zero-order valence-electron chi connectivity index (χ0n) is 40.1. The summed E-state index contributed by atoms with van der Waals surface area (Å²) >= 11 is 0. The fraction of sp³-hybridized carbons (Fsp3) is 0.0141. The number of nitrogens with zero attached hydrogens (tertiary/aromatic N) is 2. The van der Waals surface area contributed by atoms with Crippen LogP contribution in [0, 0.1) is 0 Å². The largest absolute Gasteiger partial charge is 0.310 e. The Balaban J connectivity index is 0.916. The minimum Gasteiger partial charge on any atom is -0.310 e. The molecule has 1 aliphatic rings. The molecule has 0 saturated carbocycles. The number of fused-ring (bicyclic) bond motifs is 7. The van der Waals surface area contributed by atoms with Gasteiger partial charge >= 0.3 is 0 Å². The lowest BCUT2D eigenvalue weighted by Gasteiger charge is -2.34. The van der Waals surface area contributed by atoms with Gasteiger partial charge in [0.15, 0.2) is 0 Å². The molecule has 0 fully saturated rings. The first kappa shape index (κ1) is 42.4. The molecule has 0 radical (unpaired) electrons. The average molecular weight is 929 g/mol. The van der Waals surface area contributed by atoms with Crippen molar-refractivity contribution in [2.24, 2.45) is 0 Å². The van der Waals surface area contributed by atoms with E-state index in [0.717, 1.165) is 28.3 Å². The summed E-state index contributed by atoms with van der Waals surface area (Å²) in [5.41, 5.74) is 21.2. The molecule has 14 rings (SSSR count). The van der Waals surface area contributed by atoms with Crippen molar-refractivity contribution < 1.29 is 0 Å². The van der Waals surface area contributed by atoms with E-state index in [1.54, 1.807) is 0 Å². The van der Waals surface area contributed by atoms with Crippen LogP contribution >= 0.6 is 0 Å². The van der Waals surface area contributed by atoms with Crippen LogP contribution in [-0.2, 0) is 5.41 Å². The molecule has 1 aromatic heterocycles. The molecule has 0 N–H and O–H groups in total. The average Bonchev–Trinajstić information content (AvgIpc) is 3.96. The van der Waals surface area contributed by atoms with E-state index in [-0.39, 0.29) is 0 Å². The lowest BCUT2D eigenvalue weighted by atomic mass is 9.67. The van der Waals surface area contributed by atoms with Crippen LogP contribution in [0.4, 0.5) is 17.1 Å². The van der Waals surface area contributed by atoms with Crippen molar-refractivity contribution in [3.8, 4) is 50.2 Å². The highest BCUT2D eigenvalue weighted by atomic mass is 15.1. The van der Waals surface area contributed by atoms with E-state index in [0.29, 0.717) is 0 Å². The minimum atomic E-state index is -0.444. The summed E-state index contributed by atoms with van der Waals surface area (Å²) in [4.78, 5) is 2.40. The van der Waals surface area contributed by atoms with Crippen LogP contribution in [0.15, 0.2) is 291 Å². The van der Waals surface area contributed by atoms with E-state index in [9.17, 15) is 0 Å². The highest BCUT2D eigenvalue weighted by molar-refractivity contribution is 6.12. The van der Waals surface area contributed by atoms with Crippen LogP contribution < -0.4 is 4.90 Å². The molecule has 1 aliphatic carbocycles. The van der Waals surface area contributed by atoms with Crippen LogP contribution in [-0.4, -0.2) is 4.57 Å². The zero-order chi connectivity index (χ0) is 48.3. The van der Waals surface area contributed by atoms with Gasteiger partial charge in [0.1, 0.15) is 0 Å². The predicted molar refractivity (Wildman–Crippen MR) is 307 cm³/mol. The Morgan fingerprint density at radius 3 is 1.41 bits per heavy atom. The molecule has 342 valence electrons. The molecule has 0 amide bonds. The molecule has 2 heteroatoms. The molecule has 0 atom stereocenters. The molecule has 0 unspecified atom stereocenters. The van der Waals surface area contributed by atoms with Crippen molar-refractivity contribution in [1.82, 2.24) is 4.57 Å². The van der Waals surface area contributed by atoms with Gasteiger partial charge in [-0.05, 0) is 144 Å². The lowest BCUT2D eigenvalue weighted by Crippen LogP contribution is -2.28. The van der Waals surface area contributed by atoms with Gasteiger partial charge < -0.3 is 9.47 Å². The zero-order valence-corrected chi connectivity index (χ0v) is 40.1. The summed E-state index contributed by atoms with van der Waals surface area (Å²) in [5, 5.41) is 4.89. The van der Waals surface area contributed by atoms with Crippen LogP contribution in [0.1, 0.15) is 22.3 Å². The Bertz CT molecular complexity index is 4100. The topological polar surface area (TPSA) is 8.17 Å². The van der Waals surface area contributed by atoms with E-state index in [4.69, 9.17) is 0 Å². The number of rotatable bonds is 9. The Morgan fingerprint density at radius 2 is 0.726 bits per heavy atom. The first-order valence-electron chi connectivity index (χ1n) is 25.2. The van der Waals surface area contributed by atoms with Crippen molar-refractivity contribution >= 4 is 49.6 Å². The monoisotopic (exact) mass is 928 g/mol. The Labute approximate surface area is 426 Å². The van der Waals surface area contributed by atoms with Crippen molar-refractivity contribution in [1.29, 1.82) is 0 Å². The molecular weight excluding hydrogens is 881 g/mol. The molecular formula is C71H48N2. The summed E-state index contributed by atoms with van der Waals surface area (Å²) in [5.74, 6) is 0. The number of anilines is 3. The molecule has 2 nitrogen and oxygen atoms in total. The van der Waals surface area contributed by atoms with Crippen LogP contribution in [0.5, 0.6) is 0 Å². The fourth-order valence-corrected chi connectivity index (χ4v) is 12.0. The summed E-state index contributed by atoms with van der Waals surface area (Å²) in [7, 11) is 0. The normalized spacial score (nSPS) is 12.5. The first-order valence-corrected chi connectivity index (χ1v) is 25.2. The van der Waals surface area contributed by atoms with Gasteiger partial charge in [-0.25, -0.2) is 0 Å². The molecule has 0 bridgehead atoms. The molecule has 0 aliphatic heterocycles. The van der Waals surface area contributed by atoms with Crippen LogP contribution in [0.3, 0.4) is 0 Å². The number of benzene rings is 12. The lowest BCUT2D eigenvalue weighted by molar-refractivity contribution is 0.768. The highest BCUT2D eigenvalue weighted by Gasteiger charge is 2.45. The maximum Gasteiger partial charge on any atom is 0.0713 e. The van der Waals surface area contributed by atoms with E-state index in [1.165, 1.54) is 93.8 Å². The smallest absolute Gasteiger partial charge is 0.0713 e. The van der Waals surface area contributed by atoms with Gasteiger partial charge in [-0.2, -0.15) is 0 Å². The van der Waals surface area contributed by atoms with Gasteiger partial charge in [-0.1, -0.05) is 224 Å². The van der Waals surface area contributed by atoms with Crippen LogP contribution in [0.25, 0.3) is 82.8 Å². The van der Waals surface area contributed by atoms with Gasteiger partial charge in [0.2, 0.25) is 0 Å². The van der Waals surface area contributed by atoms with Gasteiger partial charge in [0, 0.05) is 33.5 Å². The van der Waals surface area contributed by atoms with Gasteiger partial charge in [0.05, 0.1) is 16.4 Å². The second-order valence-electron chi connectivity index (χ2n) is 19.2. The number of hydrogen-bond acceptors (Lipinski definition) is 1. The molecule has 0 saturated heterocycles. The van der Waals surface area contributed by atoms with Crippen molar-refractivity contribution in [2.75, 3.05) is 4.90 Å². The summed E-state index contributed by atoms with van der Waals surface area (Å²) in [6.45, 7) is 0. The van der Waals surface area contributed by atoms with E-state index >= 15 is 0 Å². The minimum absolute atomic E-state index is 0.444. The summed E-state index contributed by atoms with van der Waals surface area (Å²) < 4.78 is 2.41. The third kappa shape index (κ3) is 6.94. The summed E-state index contributed by atoms with van der Waals surface area (Å²) in [6, 6.07) is 107. The van der Waals surface area contributed by atoms with Gasteiger partial charge in [-0.15, -0.1) is 0 Å². The highest BCUT2D eigenvalue weighted by Crippen LogP contribution is 2.56. The van der Waals surface area contributed by atoms with Crippen molar-refractivity contribution in [3.05, 3.63) is 313 Å². The Hall–Kier alpha value is -9.50. The second-order valence-corrected chi connectivity index (χ2v) is 19.2. The molecule has 1 heterocycles. The molecule has 12 aromatic carbocycles. The number of para-hydroxylation sites is 1.